The molecule has 1 amide bonds. The van der Waals surface area contributed by atoms with Crippen LogP contribution in [0.3, 0.4) is 0 Å². The number of aryl methyl sites for hydroxylation is 1. The summed E-state index contributed by atoms with van der Waals surface area (Å²) in [6.45, 7) is 7.33. The number of nitrogen functional groups attached to an aromatic ring is 1. The van der Waals surface area contributed by atoms with Crippen molar-refractivity contribution in [2.75, 3.05) is 30.4 Å². The van der Waals surface area contributed by atoms with E-state index >= 15 is 0 Å². The third-order valence-electron chi connectivity index (χ3n) is 6.67. The third kappa shape index (κ3) is 4.00. The number of carbonyl (C=O) groups excluding carboxylic acids is 2. The van der Waals surface area contributed by atoms with Gasteiger partial charge in [-0.25, -0.2) is 9.97 Å². The molecule has 5 rings (SSSR count). The highest BCUT2D eigenvalue weighted by molar-refractivity contribution is 6.10. The summed E-state index contributed by atoms with van der Waals surface area (Å²) >= 11 is 0. The van der Waals surface area contributed by atoms with Crippen LogP contribution in [0.1, 0.15) is 35.3 Å². The zero-order valence-corrected chi connectivity index (χ0v) is 20.6. The number of nitrogens with two attached hydrogens (primary N) is 1. The number of imidazole rings is 1. The van der Waals surface area contributed by atoms with Gasteiger partial charge < -0.3 is 15.5 Å². The van der Waals surface area contributed by atoms with Crippen molar-refractivity contribution in [1.29, 1.82) is 0 Å². The number of benzene rings is 2. The normalized spacial score (nSPS) is 14.0. The number of hydrogen-bond acceptors (Lipinski definition) is 6. The van der Waals surface area contributed by atoms with Gasteiger partial charge in [-0.3, -0.25) is 14.0 Å². The Morgan fingerprint density at radius 1 is 1.08 bits per heavy atom. The Kier molecular flexibility index (Phi) is 6.01. The molecule has 1 aliphatic heterocycles. The van der Waals surface area contributed by atoms with Crippen molar-refractivity contribution >= 4 is 29.0 Å². The lowest BCUT2D eigenvalue weighted by Gasteiger charge is -2.18. The molecule has 4 aromatic rings. The molecule has 0 aliphatic carbocycles. The summed E-state index contributed by atoms with van der Waals surface area (Å²) in [4.78, 5) is 38.8. The van der Waals surface area contributed by atoms with E-state index in [1.54, 1.807) is 6.20 Å². The van der Waals surface area contributed by atoms with Crippen molar-refractivity contribution in [3.8, 4) is 11.3 Å². The molecule has 0 unspecified atom stereocenters. The van der Waals surface area contributed by atoms with Gasteiger partial charge in [-0.05, 0) is 32.4 Å². The predicted molar refractivity (Wildman–Crippen MR) is 141 cm³/mol. The lowest BCUT2D eigenvalue weighted by Crippen LogP contribution is -2.32. The summed E-state index contributed by atoms with van der Waals surface area (Å²) in [5.74, 6) is 1.07. The molecule has 1 fully saturated rings. The van der Waals surface area contributed by atoms with E-state index in [0.717, 1.165) is 16.7 Å². The van der Waals surface area contributed by atoms with Gasteiger partial charge in [0.25, 0.3) is 5.91 Å². The van der Waals surface area contributed by atoms with E-state index in [0.29, 0.717) is 53.9 Å². The molecule has 1 saturated heterocycles. The largest absolute Gasteiger partial charge is 0.382 e. The molecule has 2 aromatic heterocycles. The minimum absolute atomic E-state index is 0.0190. The van der Waals surface area contributed by atoms with E-state index in [9.17, 15) is 9.59 Å². The molecule has 0 saturated carbocycles. The smallest absolute Gasteiger partial charge is 0.250 e. The summed E-state index contributed by atoms with van der Waals surface area (Å²) in [7, 11) is 0. The molecule has 3 heterocycles. The Balaban J connectivity index is 1.53. The van der Waals surface area contributed by atoms with Crippen molar-refractivity contribution in [3.63, 3.8) is 0 Å². The van der Waals surface area contributed by atoms with Gasteiger partial charge in [0.15, 0.2) is 5.78 Å². The van der Waals surface area contributed by atoms with Crippen LogP contribution in [0.4, 0.5) is 11.8 Å². The van der Waals surface area contributed by atoms with E-state index < -0.39 is 0 Å². The minimum Gasteiger partial charge on any atom is -0.382 e. The van der Waals surface area contributed by atoms with Crippen molar-refractivity contribution < 1.29 is 9.59 Å². The van der Waals surface area contributed by atoms with Gasteiger partial charge in [-0.2, -0.15) is 0 Å². The van der Waals surface area contributed by atoms with Crippen LogP contribution in [0.15, 0.2) is 72.6 Å². The fourth-order valence-electron chi connectivity index (χ4n) is 4.57. The number of amides is 1. The number of nitrogens with zero attached hydrogens (tertiary/aromatic N) is 5. The number of anilines is 2. The molecule has 8 heteroatoms. The Labute approximate surface area is 209 Å². The number of hydrogen-bond donors (Lipinski definition) is 1. The highest BCUT2D eigenvalue weighted by Crippen LogP contribution is 2.33. The van der Waals surface area contributed by atoms with Gasteiger partial charge in [-0.15, -0.1) is 0 Å². The first-order valence-corrected chi connectivity index (χ1v) is 11.9. The van der Waals surface area contributed by atoms with Crippen LogP contribution in [-0.2, 0) is 4.79 Å². The maximum atomic E-state index is 13.0. The summed E-state index contributed by atoms with van der Waals surface area (Å²) in [5, 5.41) is 0. The van der Waals surface area contributed by atoms with Gasteiger partial charge in [0.05, 0.1) is 6.67 Å². The average molecular weight is 481 g/mol. The first kappa shape index (κ1) is 23.3. The van der Waals surface area contributed by atoms with Crippen LogP contribution in [0.25, 0.3) is 16.8 Å². The molecule has 2 aromatic carbocycles. The molecular weight excluding hydrogens is 452 g/mol. The van der Waals surface area contributed by atoms with Gasteiger partial charge in [0.1, 0.15) is 17.0 Å². The van der Waals surface area contributed by atoms with E-state index in [-0.39, 0.29) is 11.7 Å². The minimum atomic E-state index is -0.0190. The number of carbonyl (C=O) groups is 2. The zero-order valence-electron chi connectivity index (χ0n) is 20.6. The molecule has 0 atom stereocenters. The number of ketones is 1. The molecule has 0 bridgehead atoms. The fraction of sp³-hybridized carbons (Fsp3) is 0.214. The van der Waals surface area contributed by atoms with Crippen molar-refractivity contribution in [1.82, 2.24) is 19.3 Å². The molecule has 0 radical (unpaired) electrons. The molecule has 2 N–H and O–H groups in total. The van der Waals surface area contributed by atoms with Gasteiger partial charge in [-0.1, -0.05) is 48.5 Å². The van der Waals surface area contributed by atoms with E-state index in [2.05, 4.69) is 9.88 Å². The second-order valence-electron chi connectivity index (χ2n) is 8.96. The molecule has 36 heavy (non-hydrogen) atoms. The summed E-state index contributed by atoms with van der Waals surface area (Å²) < 4.78 is 1.92. The Bertz CT molecular complexity index is 1510. The molecule has 0 spiro atoms. The Morgan fingerprint density at radius 2 is 1.86 bits per heavy atom. The topological polar surface area (TPSA) is 96.8 Å². The van der Waals surface area contributed by atoms with Crippen molar-refractivity contribution in [2.45, 2.75) is 20.8 Å². The standard InChI is InChI=1S/C28H28N6O2/c1-4-18(2)27(36)32-14-15-33(17-32)28-31-23(24-26(29)30-12-13-34(24)28)21-10-11-22(19(3)16-21)25(35)20-8-6-5-7-9-20/h4-13,16H,14-15,17H2,1-3H3,(H2,29,30)/b18-4+. The first-order valence-electron chi connectivity index (χ1n) is 11.9. The first-order chi connectivity index (χ1) is 17.4. The third-order valence-corrected chi connectivity index (χ3v) is 6.67. The van der Waals surface area contributed by atoms with Crippen LogP contribution in [0.2, 0.25) is 0 Å². The lowest BCUT2D eigenvalue weighted by molar-refractivity contribution is -0.126. The maximum Gasteiger partial charge on any atom is 0.250 e. The van der Waals surface area contributed by atoms with Crippen molar-refractivity contribution in [2.24, 2.45) is 0 Å². The van der Waals surface area contributed by atoms with Gasteiger partial charge in [0.2, 0.25) is 5.95 Å². The SMILES string of the molecule is C/C=C(\C)C(=O)N1CCN(c2nc(-c3ccc(C(=O)c4ccccc4)c(C)c3)c3c(N)nccn23)C1. The summed E-state index contributed by atoms with van der Waals surface area (Å²) in [6, 6.07) is 15.0. The van der Waals surface area contributed by atoms with Crippen LogP contribution in [-0.4, -0.2) is 50.7 Å². The molecular formula is C28H28N6O2. The van der Waals surface area contributed by atoms with Gasteiger partial charge >= 0.3 is 0 Å². The summed E-state index contributed by atoms with van der Waals surface area (Å²) in [5.41, 5.74) is 11.4. The number of aromatic nitrogens is 3. The monoisotopic (exact) mass is 480 g/mol. The second kappa shape index (κ2) is 9.30. The highest BCUT2D eigenvalue weighted by Gasteiger charge is 2.29. The number of fused-ring (bicyclic) bond motifs is 1. The van der Waals surface area contributed by atoms with Crippen LogP contribution in [0.5, 0.6) is 0 Å². The van der Waals surface area contributed by atoms with E-state index in [4.69, 9.17) is 10.7 Å². The second-order valence-corrected chi connectivity index (χ2v) is 8.96. The van der Waals surface area contributed by atoms with E-state index in [1.807, 2.05) is 90.9 Å². The average Bonchev–Trinajstić information content (AvgIpc) is 3.54. The number of rotatable bonds is 5. The Morgan fingerprint density at radius 3 is 2.58 bits per heavy atom. The quantitative estimate of drug-likeness (QED) is 0.341. The van der Waals surface area contributed by atoms with Crippen LogP contribution < -0.4 is 10.6 Å². The fourth-order valence-corrected chi connectivity index (χ4v) is 4.57. The molecule has 182 valence electrons. The molecule has 1 aliphatic rings. The zero-order chi connectivity index (χ0) is 25.4. The van der Waals surface area contributed by atoms with Crippen molar-refractivity contribution in [3.05, 3.63) is 89.3 Å². The summed E-state index contributed by atoms with van der Waals surface area (Å²) in [6.07, 6.45) is 5.31. The lowest BCUT2D eigenvalue weighted by atomic mass is 9.96. The Hall–Kier alpha value is -4.46. The maximum absolute atomic E-state index is 13.0. The van der Waals surface area contributed by atoms with E-state index in [1.165, 1.54) is 0 Å². The molecule has 8 nitrogen and oxygen atoms in total. The van der Waals surface area contributed by atoms with Crippen LogP contribution >= 0.6 is 0 Å². The highest BCUT2D eigenvalue weighted by atomic mass is 16.2. The predicted octanol–water partition coefficient (Wildman–Crippen LogP) is 4.09. The number of allylic oxidation sites excluding steroid dienone is 1. The van der Waals surface area contributed by atoms with Gasteiger partial charge in [0, 0.05) is 47.7 Å². The van der Waals surface area contributed by atoms with Crippen LogP contribution in [0, 0.1) is 6.92 Å².